The zero-order valence-electron chi connectivity index (χ0n) is 8.69. The van der Waals surface area contributed by atoms with Crippen molar-refractivity contribution in [3.8, 4) is 0 Å². The van der Waals surface area contributed by atoms with Crippen LogP contribution in [0.1, 0.15) is 13.3 Å². The van der Waals surface area contributed by atoms with E-state index in [1.54, 1.807) is 30.9 Å². The van der Waals surface area contributed by atoms with Crippen LogP contribution in [0.25, 0.3) is 0 Å². The Kier molecular flexibility index (Phi) is 3.84. The average Bonchev–Trinajstić information content (AvgIpc) is 2.52. The highest BCUT2D eigenvalue weighted by molar-refractivity contribution is 6.01. The van der Waals surface area contributed by atoms with Crippen molar-refractivity contribution in [2.45, 2.75) is 13.3 Å². The van der Waals surface area contributed by atoms with E-state index in [-0.39, 0.29) is 13.0 Å². The lowest BCUT2D eigenvalue weighted by Gasteiger charge is -2.04. The van der Waals surface area contributed by atoms with Gasteiger partial charge in [-0.3, -0.25) is 14.9 Å². The number of anilines is 1. The maximum atomic E-state index is 11.3. The lowest BCUT2D eigenvalue weighted by molar-refractivity contribution is -0.145. The molecule has 1 heterocycles. The van der Waals surface area contributed by atoms with Gasteiger partial charge in [-0.05, 0) is 6.92 Å². The summed E-state index contributed by atoms with van der Waals surface area (Å²) in [5, 5.41) is 2.49. The van der Waals surface area contributed by atoms with E-state index < -0.39 is 11.9 Å². The SMILES string of the molecule is CCOC(=O)CC(=O)Nc1nccn1C. The number of imidazole rings is 1. The lowest BCUT2D eigenvalue weighted by atomic mass is 10.4. The molecule has 1 amide bonds. The number of esters is 1. The van der Waals surface area contributed by atoms with Crippen molar-refractivity contribution in [2.24, 2.45) is 7.05 Å². The van der Waals surface area contributed by atoms with Crippen LogP contribution in [-0.2, 0) is 21.4 Å². The summed E-state index contributed by atoms with van der Waals surface area (Å²) in [6, 6.07) is 0. The third kappa shape index (κ3) is 3.41. The Hall–Kier alpha value is -1.85. The zero-order valence-corrected chi connectivity index (χ0v) is 8.69. The maximum Gasteiger partial charge on any atom is 0.315 e. The molecule has 1 rings (SSSR count). The topological polar surface area (TPSA) is 73.2 Å². The quantitative estimate of drug-likeness (QED) is 0.574. The monoisotopic (exact) mass is 211 g/mol. The number of nitrogens with zero attached hydrogens (tertiary/aromatic N) is 2. The molecule has 15 heavy (non-hydrogen) atoms. The number of aromatic nitrogens is 2. The van der Waals surface area contributed by atoms with Gasteiger partial charge in [-0.15, -0.1) is 0 Å². The summed E-state index contributed by atoms with van der Waals surface area (Å²) in [4.78, 5) is 26.1. The normalized spacial score (nSPS) is 9.73. The Morgan fingerprint density at radius 2 is 2.33 bits per heavy atom. The van der Waals surface area contributed by atoms with Gasteiger partial charge in [0.2, 0.25) is 11.9 Å². The minimum Gasteiger partial charge on any atom is -0.466 e. The van der Waals surface area contributed by atoms with Gasteiger partial charge in [0.1, 0.15) is 6.42 Å². The summed E-state index contributed by atoms with van der Waals surface area (Å²) < 4.78 is 6.28. The van der Waals surface area contributed by atoms with Crippen LogP contribution in [0.3, 0.4) is 0 Å². The van der Waals surface area contributed by atoms with Crippen LogP contribution in [0, 0.1) is 0 Å². The number of rotatable bonds is 4. The Labute approximate surface area is 87.2 Å². The Morgan fingerprint density at radius 1 is 1.60 bits per heavy atom. The molecule has 6 heteroatoms. The molecule has 0 unspecified atom stereocenters. The van der Waals surface area contributed by atoms with Crippen molar-refractivity contribution >= 4 is 17.8 Å². The zero-order chi connectivity index (χ0) is 11.3. The van der Waals surface area contributed by atoms with Gasteiger partial charge in [0, 0.05) is 19.4 Å². The number of hydrogen-bond donors (Lipinski definition) is 1. The van der Waals surface area contributed by atoms with Crippen LogP contribution in [0.4, 0.5) is 5.95 Å². The second kappa shape index (κ2) is 5.14. The first-order valence-corrected chi connectivity index (χ1v) is 4.56. The fourth-order valence-corrected chi connectivity index (χ4v) is 0.998. The summed E-state index contributed by atoms with van der Waals surface area (Å²) >= 11 is 0. The summed E-state index contributed by atoms with van der Waals surface area (Å²) in [6.07, 6.45) is 2.96. The first-order valence-electron chi connectivity index (χ1n) is 4.56. The fraction of sp³-hybridized carbons (Fsp3) is 0.444. The molecule has 0 aliphatic heterocycles. The molecule has 0 spiro atoms. The van der Waals surface area contributed by atoms with Crippen molar-refractivity contribution in [3.05, 3.63) is 12.4 Å². The fourth-order valence-electron chi connectivity index (χ4n) is 0.998. The predicted molar refractivity (Wildman–Crippen MR) is 53.1 cm³/mol. The molecule has 1 aromatic heterocycles. The standard InChI is InChI=1S/C9H13N3O3/c1-3-15-8(14)6-7(13)11-9-10-4-5-12(9)2/h4-5H,3,6H2,1-2H3,(H,10,11,13). The van der Waals surface area contributed by atoms with E-state index in [2.05, 4.69) is 15.0 Å². The van der Waals surface area contributed by atoms with E-state index in [0.29, 0.717) is 5.95 Å². The van der Waals surface area contributed by atoms with Crippen LogP contribution in [0.5, 0.6) is 0 Å². The number of amides is 1. The molecule has 0 aromatic carbocycles. The molecule has 1 aromatic rings. The van der Waals surface area contributed by atoms with E-state index in [1.807, 2.05) is 0 Å². The molecule has 0 radical (unpaired) electrons. The number of nitrogens with one attached hydrogen (secondary N) is 1. The smallest absolute Gasteiger partial charge is 0.315 e. The highest BCUT2D eigenvalue weighted by Crippen LogP contribution is 2.01. The number of carbonyl (C=O) groups is 2. The number of ether oxygens (including phenoxy) is 1. The molecule has 0 aliphatic rings. The minimum atomic E-state index is -0.538. The molecule has 0 saturated carbocycles. The highest BCUT2D eigenvalue weighted by atomic mass is 16.5. The van der Waals surface area contributed by atoms with Gasteiger partial charge in [-0.25, -0.2) is 4.98 Å². The van der Waals surface area contributed by atoms with Gasteiger partial charge in [-0.2, -0.15) is 0 Å². The van der Waals surface area contributed by atoms with Gasteiger partial charge < -0.3 is 9.30 Å². The third-order valence-electron chi connectivity index (χ3n) is 1.68. The molecule has 0 bridgehead atoms. The number of hydrogen-bond acceptors (Lipinski definition) is 4. The van der Waals surface area contributed by atoms with Gasteiger partial charge >= 0.3 is 5.97 Å². The number of aryl methyl sites for hydroxylation is 1. The van der Waals surface area contributed by atoms with Crippen molar-refractivity contribution in [3.63, 3.8) is 0 Å². The highest BCUT2D eigenvalue weighted by Gasteiger charge is 2.11. The van der Waals surface area contributed by atoms with Crippen LogP contribution in [-0.4, -0.2) is 28.0 Å². The van der Waals surface area contributed by atoms with E-state index >= 15 is 0 Å². The van der Waals surface area contributed by atoms with E-state index in [1.165, 1.54) is 0 Å². The maximum absolute atomic E-state index is 11.3. The Morgan fingerprint density at radius 3 is 2.87 bits per heavy atom. The minimum absolute atomic E-state index is 0.272. The molecule has 0 atom stereocenters. The van der Waals surface area contributed by atoms with Gasteiger partial charge in [-0.1, -0.05) is 0 Å². The predicted octanol–water partition coefficient (Wildman–Crippen LogP) is 0.312. The summed E-state index contributed by atoms with van der Waals surface area (Å²) in [5.74, 6) is -0.559. The Balaban J connectivity index is 2.43. The van der Waals surface area contributed by atoms with Crippen molar-refractivity contribution in [2.75, 3.05) is 11.9 Å². The average molecular weight is 211 g/mol. The molecular formula is C9H13N3O3. The van der Waals surface area contributed by atoms with Crippen LogP contribution < -0.4 is 5.32 Å². The lowest BCUT2D eigenvalue weighted by Crippen LogP contribution is -2.19. The molecule has 1 N–H and O–H groups in total. The second-order valence-corrected chi connectivity index (χ2v) is 2.89. The summed E-state index contributed by atoms with van der Waals surface area (Å²) in [5.41, 5.74) is 0. The largest absolute Gasteiger partial charge is 0.466 e. The first-order chi connectivity index (χ1) is 7.13. The second-order valence-electron chi connectivity index (χ2n) is 2.89. The van der Waals surface area contributed by atoms with Crippen molar-refractivity contribution in [1.82, 2.24) is 9.55 Å². The van der Waals surface area contributed by atoms with Crippen molar-refractivity contribution in [1.29, 1.82) is 0 Å². The van der Waals surface area contributed by atoms with Crippen LogP contribution in [0.2, 0.25) is 0 Å². The van der Waals surface area contributed by atoms with Crippen molar-refractivity contribution < 1.29 is 14.3 Å². The number of carbonyl (C=O) groups excluding carboxylic acids is 2. The van der Waals surface area contributed by atoms with E-state index in [4.69, 9.17) is 0 Å². The van der Waals surface area contributed by atoms with Gasteiger partial charge in [0.15, 0.2) is 0 Å². The van der Waals surface area contributed by atoms with Gasteiger partial charge in [0.05, 0.1) is 6.61 Å². The van der Waals surface area contributed by atoms with Crippen LogP contribution in [0.15, 0.2) is 12.4 Å². The molecular weight excluding hydrogens is 198 g/mol. The Bertz CT molecular complexity index is 359. The molecule has 0 aliphatic carbocycles. The van der Waals surface area contributed by atoms with Crippen LogP contribution >= 0.6 is 0 Å². The molecule has 6 nitrogen and oxygen atoms in total. The third-order valence-corrected chi connectivity index (χ3v) is 1.68. The first kappa shape index (κ1) is 11.2. The summed E-state index contributed by atoms with van der Waals surface area (Å²) in [6.45, 7) is 1.96. The van der Waals surface area contributed by atoms with E-state index in [0.717, 1.165) is 0 Å². The molecule has 0 fully saturated rings. The summed E-state index contributed by atoms with van der Waals surface area (Å²) in [7, 11) is 1.74. The molecule has 82 valence electrons. The van der Waals surface area contributed by atoms with Gasteiger partial charge in [0.25, 0.3) is 0 Å². The van der Waals surface area contributed by atoms with E-state index in [9.17, 15) is 9.59 Å². The molecule has 0 saturated heterocycles.